The molecule has 0 fully saturated rings. The quantitative estimate of drug-likeness (QED) is 0.252. The fourth-order valence-corrected chi connectivity index (χ4v) is 1.76. The normalized spacial score (nSPS) is 9.71. The minimum Gasteiger partial charge on any atom is -0.466 e. The van der Waals surface area contributed by atoms with Crippen LogP contribution in [0.4, 0.5) is 5.69 Å². The number of ether oxygens (including phenoxy) is 1. The van der Waals surface area contributed by atoms with Gasteiger partial charge < -0.3 is 26.4 Å². The summed E-state index contributed by atoms with van der Waals surface area (Å²) in [5, 5.41) is 14.7. The largest absolute Gasteiger partial charge is 0.466 e. The van der Waals surface area contributed by atoms with Crippen molar-refractivity contribution in [1.29, 1.82) is 5.41 Å². The van der Waals surface area contributed by atoms with E-state index in [-0.39, 0.29) is 25.5 Å². The van der Waals surface area contributed by atoms with Crippen LogP contribution in [0.5, 0.6) is 0 Å². The Labute approximate surface area is 139 Å². The molecule has 0 aromatic heterocycles. The van der Waals surface area contributed by atoms with Crippen LogP contribution in [0.3, 0.4) is 0 Å². The van der Waals surface area contributed by atoms with E-state index in [9.17, 15) is 14.4 Å². The molecular weight excluding hydrogens is 314 g/mol. The predicted octanol–water partition coefficient (Wildman–Crippen LogP) is -0.209. The molecule has 0 bridgehead atoms. The molecule has 0 atom stereocenters. The van der Waals surface area contributed by atoms with Crippen molar-refractivity contribution < 1.29 is 19.1 Å². The average molecular weight is 335 g/mol. The van der Waals surface area contributed by atoms with E-state index in [0.717, 1.165) is 0 Å². The molecule has 9 heteroatoms. The van der Waals surface area contributed by atoms with Crippen molar-refractivity contribution in [2.24, 2.45) is 5.73 Å². The second kappa shape index (κ2) is 9.82. The molecule has 0 aliphatic rings. The lowest BCUT2D eigenvalue weighted by molar-refractivity contribution is -0.143. The second-order valence-electron chi connectivity index (χ2n) is 4.71. The van der Waals surface area contributed by atoms with Crippen molar-refractivity contribution in [3.05, 3.63) is 29.8 Å². The zero-order chi connectivity index (χ0) is 17.9. The van der Waals surface area contributed by atoms with Crippen molar-refractivity contribution in [1.82, 2.24) is 10.6 Å². The number of rotatable bonds is 8. The highest BCUT2D eigenvalue weighted by Crippen LogP contribution is 2.09. The first-order chi connectivity index (χ1) is 11.4. The first-order valence-corrected chi connectivity index (χ1v) is 7.34. The summed E-state index contributed by atoms with van der Waals surface area (Å²) in [7, 11) is 0. The Morgan fingerprint density at radius 1 is 1.25 bits per heavy atom. The monoisotopic (exact) mass is 335 g/mol. The van der Waals surface area contributed by atoms with Crippen LogP contribution < -0.4 is 21.7 Å². The average Bonchev–Trinajstić information content (AvgIpc) is 2.52. The summed E-state index contributed by atoms with van der Waals surface area (Å²) in [5.41, 5.74) is 6.04. The molecule has 0 spiro atoms. The molecule has 130 valence electrons. The summed E-state index contributed by atoms with van der Waals surface area (Å²) in [6.45, 7) is 1.92. The molecule has 0 heterocycles. The molecular formula is C15H21N5O4. The Balaban J connectivity index is 2.38. The number of esters is 1. The van der Waals surface area contributed by atoms with E-state index in [1.165, 1.54) is 6.07 Å². The first-order valence-electron chi connectivity index (χ1n) is 7.34. The summed E-state index contributed by atoms with van der Waals surface area (Å²) in [6, 6.07) is 6.36. The van der Waals surface area contributed by atoms with Gasteiger partial charge in [-0.25, -0.2) is 0 Å². The van der Waals surface area contributed by atoms with Gasteiger partial charge in [-0.1, -0.05) is 6.07 Å². The smallest absolute Gasteiger partial charge is 0.307 e. The Morgan fingerprint density at radius 2 is 2.00 bits per heavy atom. The number of anilines is 1. The molecule has 9 nitrogen and oxygen atoms in total. The van der Waals surface area contributed by atoms with Crippen LogP contribution in [0.2, 0.25) is 0 Å². The van der Waals surface area contributed by atoms with Crippen LogP contribution in [0.1, 0.15) is 23.7 Å². The van der Waals surface area contributed by atoms with E-state index in [2.05, 4.69) is 16.0 Å². The molecule has 0 aliphatic carbocycles. The van der Waals surface area contributed by atoms with Gasteiger partial charge in [-0.15, -0.1) is 0 Å². The number of hydrogen-bond acceptors (Lipinski definition) is 5. The number of hydrogen-bond donors (Lipinski definition) is 5. The Bertz CT molecular complexity index is 618. The van der Waals surface area contributed by atoms with Crippen molar-refractivity contribution in [3.8, 4) is 0 Å². The highest BCUT2D eigenvalue weighted by molar-refractivity contribution is 5.98. The van der Waals surface area contributed by atoms with Crippen molar-refractivity contribution in [3.63, 3.8) is 0 Å². The van der Waals surface area contributed by atoms with Gasteiger partial charge in [-0.2, -0.15) is 0 Å². The maximum Gasteiger partial charge on any atom is 0.307 e. The molecule has 24 heavy (non-hydrogen) atoms. The van der Waals surface area contributed by atoms with E-state index in [1.807, 2.05) is 0 Å². The lowest BCUT2D eigenvalue weighted by Crippen LogP contribution is -2.37. The molecule has 2 amide bonds. The Kier molecular flexibility index (Phi) is 7.76. The highest BCUT2D eigenvalue weighted by Gasteiger charge is 2.09. The summed E-state index contributed by atoms with van der Waals surface area (Å²) >= 11 is 0. The molecule has 0 aliphatic heterocycles. The van der Waals surface area contributed by atoms with E-state index in [1.54, 1.807) is 25.1 Å². The number of guanidine groups is 1. The summed E-state index contributed by atoms with van der Waals surface area (Å²) in [4.78, 5) is 34.7. The molecule has 1 rings (SSSR count). The molecule has 0 radical (unpaired) electrons. The van der Waals surface area contributed by atoms with Gasteiger partial charge in [0.05, 0.1) is 19.6 Å². The third-order valence-electron chi connectivity index (χ3n) is 2.77. The zero-order valence-corrected chi connectivity index (χ0v) is 13.3. The second-order valence-corrected chi connectivity index (χ2v) is 4.71. The van der Waals surface area contributed by atoms with E-state index in [0.29, 0.717) is 17.9 Å². The fraction of sp³-hybridized carbons (Fsp3) is 0.333. The third-order valence-corrected chi connectivity index (χ3v) is 2.77. The van der Waals surface area contributed by atoms with Crippen LogP contribution >= 0.6 is 0 Å². The van der Waals surface area contributed by atoms with Crippen LogP contribution in [-0.2, 0) is 14.3 Å². The van der Waals surface area contributed by atoms with Crippen molar-refractivity contribution in [2.45, 2.75) is 13.3 Å². The van der Waals surface area contributed by atoms with Gasteiger partial charge in [-0.3, -0.25) is 19.8 Å². The van der Waals surface area contributed by atoms with Crippen LogP contribution in [0.15, 0.2) is 24.3 Å². The summed E-state index contributed by atoms with van der Waals surface area (Å²) in [6.07, 6.45) is 0.0757. The molecule has 0 unspecified atom stereocenters. The van der Waals surface area contributed by atoms with Gasteiger partial charge in [-0.05, 0) is 25.1 Å². The fourth-order valence-electron chi connectivity index (χ4n) is 1.76. The number of carbonyl (C=O) groups excluding carboxylic acids is 3. The van der Waals surface area contributed by atoms with Crippen LogP contribution in [0.25, 0.3) is 0 Å². The van der Waals surface area contributed by atoms with E-state index in [4.69, 9.17) is 15.9 Å². The third kappa shape index (κ3) is 7.25. The van der Waals surface area contributed by atoms with Crippen molar-refractivity contribution in [2.75, 3.05) is 25.0 Å². The van der Waals surface area contributed by atoms with Gasteiger partial charge in [0, 0.05) is 17.8 Å². The lowest BCUT2D eigenvalue weighted by atomic mass is 10.2. The standard InChI is InChI=1S/C15H21N5O4/c1-2-24-13(22)6-7-18-12(21)9-19-14(23)10-4-3-5-11(8-10)20-15(16)17/h3-5,8H,2,6-7,9H2,1H3,(H,18,21)(H,19,23)(H4,16,17,20). The van der Waals surface area contributed by atoms with Gasteiger partial charge in [0.2, 0.25) is 5.91 Å². The first kappa shape index (κ1) is 18.9. The van der Waals surface area contributed by atoms with Crippen molar-refractivity contribution >= 4 is 29.4 Å². The number of amides is 2. The maximum absolute atomic E-state index is 12.0. The predicted molar refractivity (Wildman–Crippen MR) is 88.6 cm³/mol. The zero-order valence-electron chi connectivity index (χ0n) is 13.3. The van der Waals surface area contributed by atoms with E-state index >= 15 is 0 Å². The maximum atomic E-state index is 12.0. The summed E-state index contributed by atoms with van der Waals surface area (Å²) < 4.78 is 4.73. The topological polar surface area (TPSA) is 146 Å². The highest BCUT2D eigenvalue weighted by atomic mass is 16.5. The molecule has 6 N–H and O–H groups in total. The molecule has 1 aromatic rings. The molecule has 1 aromatic carbocycles. The van der Waals surface area contributed by atoms with E-state index < -0.39 is 17.8 Å². The SMILES string of the molecule is CCOC(=O)CCNC(=O)CNC(=O)c1cccc(NC(=N)N)c1. The number of carbonyl (C=O) groups is 3. The lowest BCUT2D eigenvalue weighted by Gasteiger charge is -2.08. The van der Waals surface area contributed by atoms with Gasteiger partial charge in [0.25, 0.3) is 5.91 Å². The summed E-state index contributed by atoms with van der Waals surface area (Å²) in [5.74, 6) is -1.49. The van der Waals surface area contributed by atoms with Gasteiger partial charge >= 0.3 is 5.97 Å². The molecule has 0 saturated carbocycles. The number of benzene rings is 1. The van der Waals surface area contributed by atoms with Crippen LogP contribution in [-0.4, -0.2) is 43.4 Å². The molecule has 0 saturated heterocycles. The van der Waals surface area contributed by atoms with Crippen LogP contribution in [0, 0.1) is 5.41 Å². The van der Waals surface area contributed by atoms with Gasteiger partial charge in [0.1, 0.15) is 0 Å². The minimum atomic E-state index is -0.442. The minimum absolute atomic E-state index is 0.0757. The van der Waals surface area contributed by atoms with Gasteiger partial charge in [0.15, 0.2) is 5.96 Å². The number of nitrogens with one attached hydrogen (secondary N) is 4. The Morgan fingerprint density at radius 3 is 2.67 bits per heavy atom. The number of nitrogens with two attached hydrogens (primary N) is 1. The Hall–Kier alpha value is -3.10.